The molecule has 0 aliphatic rings. The number of phosphoric acid groups is 1. The zero-order chi connectivity index (χ0) is 39.3. The number of rotatable bonds is 36. The van der Waals surface area contributed by atoms with Crippen LogP contribution in [0.4, 0.5) is 0 Å². The van der Waals surface area contributed by atoms with Crippen molar-refractivity contribution in [2.45, 2.75) is 161 Å². The Morgan fingerprint density at radius 1 is 0.604 bits per heavy atom. The molecule has 304 valence electrons. The lowest BCUT2D eigenvalue weighted by molar-refractivity contribution is -0.161. The number of allylic oxidation sites excluding steroid dienone is 10. The fraction of sp³-hybridized carbons (Fsp3) is 0.683. The first-order chi connectivity index (χ1) is 25.6. The Balaban J connectivity index is 4.52. The maximum atomic E-state index is 12.6. The average Bonchev–Trinajstić information content (AvgIpc) is 3.13. The first-order valence-electron chi connectivity index (χ1n) is 19.8. The molecule has 0 aromatic carbocycles. The number of phosphoric ester groups is 1. The van der Waals surface area contributed by atoms with Gasteiger partial charge in [0, 0.05) is 12.8 Å². The highest BCUT2D eigenvalue weighted by Crippen LogP contribution is 2.43. The van der Waals surface area contributed by atoms with E-state index in [0.717, 1.165) is 77.0 Å². The molecule has 0 saturated heterocycles. The molecule has 11 nitrogen and oxygen atoms in total. The van der Waals surface area contributed by atoms with Crippen LogP contribution in [-0.4, -0.2) is 59.9 Å². The second-order valence-corrected chi connectivity index (χ2v) is 14.5. The Labute approximate surface area is 319 Å². The van der Waals surface area contributed by atoms with E-state index < -0.39 is 51.1 Å². The van der Waals surface area contributed by atoms with Crippen LogP contribution in [0.3, 0.4) is 0 Å². The highest BCUT2D eigenvalue weighted by atomic mass is 31.2. The number of esters is 2. The fourth-order valence-electron chi connectivity index (χ4n) is 4.87. The van der Waals surface area contributed by atoms with Crippen molar-refractivity contribution < 1.29 is 47.5 Å². The maximum absolute atomic E-state index is 12.6. The lowest BCUT2D eigenvalue weighted by Crippen LogP contribution is -2.34. The zero-order valence-corrected chi connectivity index (χ0v) is 33.5. The van der Waals surface area contributed by atoms with E-state index in [9.17, 15) is 23.8 Å². The van der Waals surface area contributed by atoms with E-state index in [2.05, 4.69) is 79.1 Å². The van der Waals surface area contributed by atoms with Gasteiger partial charge in [0.25, 0.3) is 0 Å². The largest absolute Gasteiger partial charge is 0.480 e. The second-order valence-electron chi connectivity index (χ2n) is 13.0. The van der Waals surface area contributed by atoms with Crippen LogP contribution in [0.2, 0.25) is 0 Å². The van der Waals surface area contributed by atoms with Gasteiger partial charge in [0.15, 0.2) is 6.10 Å². The van der Waals surface area contributed by atoms with Gasteiger partial charge in [0.05, 0.1) is 13.2 Å². The van der Waals surface area contributed by atoms with E-state index in [-0.39, 0.29) is 19.4 Å². The maximum Gasteiger partial charge on any atom is 0.472 e. The summed E-state index contributed by atoms with van der Waals surface area (Å²) in [7, 11) is -4.73. The molecule has 12 heteroatoms. The van der Waals surface area contributed by atoms with Crippen LogP contribution in [0.1, 0.15) is 149 Å². The highest BCUT2D eigenvalue weighted by Gasteiger charge is 2.28. The van der Waals surface area contributed by atoms with Crippen LogP contribution in [0.25, 0.3) is 0 Å². The predicted octanol–water partition coefficient (Wildman–Crippen LogP) is 10.00. The second kappa shape index (κ2) is 36.2. The summed E-state index contributed by atoms with van der Waals surface area (Å²) in [5.74, 6) is -2.45. The number of carboxylic acid groups (broad SMARTS) is 1. The molecule has 0 aromatic heterocycles. The minimum absolute atomic E-state index is 0.105. The summed E-state index contributed by atoms with van der Waals surface area (Å²) in [5.41, 5.74) is 5.32. The van der Waals surface area contributed by atoms with Crippen molar-refractivity contribution >= 4 is 25.7 Å². The van der Waals surface area contributed by atoms with E-state index in [1.54, 1.807) is 0 Å². The van der Waals surface area contributed by atoms with Gasteiger partial charge in [-0.05, 0) is 77.0 Å². The molecule has 0 spiro atoms. The van der Waals surface area contributed by atoms with Crippen molar-refractivity contribution in [1.82, 2.24) is 0 Å². The highest BCUT2D eigenvalue weighted by molar-refractivity contribution is 7.47. The van der Waals surface area contributed by atoms with Crippen LogP contribution in [0.5, 0.6) is 0 Å². The predicted molar refractivity (Wildman–Crippen MR) is 212 cm³/mol. The van der Waals surface area contributed by atoms with Crippen molar-refractivity contribution in [3.05, 3.63) is 60.8 Å². The molecule has 0 aliphatic carbocycles. The molecule has 1 unspecified atom stereocenters. The number of carbonyl (C=O) groups excluding carboxylic acids is 2. The summed E-state index contributed by atoms with van der Waals surface area (Å²) in [6, 6.07) is -1.53. The summed E-state index contributed by atoms with van der Waals surface area (Å²) in [6.45, 7) is 2.60. The van der Waals surface area contributed by atoms with Crippen molar-refractivity contribution in [2.75, 3.05) is 19.8 Å². The zero-order valence-electron chi connectivity index (χ0n) is 32.6. The Morgan fingerprint density at radius 3 is 1.64 bits per heavy atom. The third-order valence-electron chi connectivity index (χ3n) is 8.00. The summed E-state index contributed by atoms with van der Waals surface area (Å²) < 4.78 is 32.5. The topological polar surface area (TPSA) is 172 Å². The molecular weight excluding hydrogens is 697 g/mol. The quantitative estimate of drug-likeness (QED) is 0.0240. The van der Waals surface area contributed by atoms with E-state index in [1.807, 2.05) is 0 Å². The van der Waals surface area contributed by atoms with Crippen molar-refractivity contribution in [3.8, 4) is 0 Å². The number of nitrogens with two attached hydrogens (primary N) is 1. The van der Waals surface area contributed by atoms with Gasteiger partial charge in [-0.1, -0.05) is 120 Å². The standard InChI is InChI=1S/C41H70NO10P/c1-3-5-7-9-11-13-15-17-19-21-23-25-27-29-31-33-40(44)52-37(35-50-53(47,48)51-36-38(42)41(45)46)34-49-39(43)32-30-28-26-24-22-20-18-16-14-12-10-8-6-4-2/h5,7,11,13,16-19,23,25,37-38H,3-4,6,8-10,12,14-15,20-22,24,26-36,42H2,1-2H3,(H,45,46)(H,47,48)/b7-5-,13-11-,18-16-,19-17-,25-23-/t37-,38+/m1/s1. The van der Waals surface area contributed by atoms with Crippen molar-refractivity contribution in [3.63, 3.8) is 0 Å². The molecule has 0 aliphatic heterocycles. The van der Waals surface area contributed by atoms with Gasteiger partial charge >= 0.3 is 25.7 Å². The SMILES string of the molecule is CC/C=C\C/C=C\C/C=C\C/C=C\CCCCC(=O)O[C@H](COC(=O)CCCCCCC/C=C\CCCCCCC)COP(=O)(O)OC[C@H](N)C(=O)O. The third kappa shape index (κ3) is 36.0. The summed E-state index contributed by atoms with van der Waals surface area (Å²) >= 11 is 0. The Kier molecular flexibility index (Phi) is 34.2. The number of ether oxygens (including phenoxy) is 2. The number of carboxylic acids is 1. The van der Waals surface area contributed by atoms with E-state index >= 15 is 0 Å². The van der Waals surface area contributed by atoms with Crippen molar-refractivity contribution in [2.24, 2.45) is 5.73 Å². The molecule has 3 atom stereocenters. The van der Waals surface area contributed by atoms with Crippen LogP contribution in [-0.2, 0) is 37.5 Å². The molecule has 0 aromatic rings. The third-order valence-corrected chi connectivity index (χ3v) is 8.95. The molecule has 4 N–H and O–H groups in total. The molecule has 0 rings (SSSR count). The number of carbonyl (C=O) groups is 3. The van der Waals surface area contributed by atoms with Gasteiger partial charge in [-0.15, -0.1) is 0 Å². The number of aliphatic carboxylic acids is 1. The number of hydrogen-bond acceptors (Lipinski definition) is 9. The van der Waals surface area contributed by atoms with E-state index in [1.165, 1.54) is 32.1 Å². The Bertz CT molecular complexity index is 1130. The fourth-order valence-corrected chi connectivity index (χ4v) is 5.65. The van der Waals surface area contributed by atoms with Gasteiger partial charge < -0.3 is 25.2 Å². The average molecular weight is 768 g/mol. The van der Waals surface area contributed by atoms with Crippen LogP contribution in [0, 0.1) is 0 Å². The van der Waals surface area contributed by atoms with Gasteiger partial charge in [0.1, 0.15) is 12.6 Å². The Hall–Kier alpha value is -2.82. The van der Waals surface area contributed by atoms with Crippen LogP contribution < -0.4 is 5.73 Å². The normalized spacial score (nSPS) is 14.5. The first kappa shape index (κ1) is 50.2. The van der Waals surface area contributed by atoms with E-state index in [4.69, 9.17) is 24.8 Å². The summed E-state index contributed by atoms with van der Waals surface area (Å²) in [6.07, 6.45) is 40.1. The lowest BCUT2D eigenvalue weighted by Gasteiger charge is -2.20. The van der Waals surface area contributed by atoms with Gasteiger partial charge in [0.2, 0.25) is 0 Å². The van der Waals surface area contributed by atoms with Gasteiger partial charge in [-0.25, -0.2) is 4.57 Å². The molecule has 0 heterocycles. The molecule has 0 radical (unpaired) electrons. The molecule has 0 bridgehead atoms. The molecule has 0 amide bonds. The number of unbranched alkanes of at least 4 members (excludes halogenated alkanes) is 12. The minimum atomic E-state index is -4.73. The van der Waals surface area contributed by atoms with Crippen LogP contribution >= 0.6 is 7.82 Å². The lowest BCUT2D eigenvalue weighted by atomic mass is 10.1. The molecule has 53 heavy (non-hydrogen) atoms. The minimum Gasteiger partial charge on any atom is -0.480 e. The van der Waals surface area contributed by atoms with Gasteiger partial charge in [-0.2, -0.15) is 0 Å². The van der Waals surface area contributed by atoms with Crippen molar-refractivity contribution in [1.29, 1.82) is 0 Å². The summed E-state index contributed by atoms with van der Waals surface area (Å²) in [5, 5.41) is 8.87. The first-order valence-corrected chi connectivity index (χ1v) is 21.3. The summed E-state index contributed by atoms with van der Waals surface area (Å²) in [4.78, 5) is 45.8. The Morgan fingerprint density at radius 2 is 1.06 bits per heavy atom. The van der Waals surface area contributed by atoms with Gasteiger partial charge in [-0.3, -0.25) is 23.4 Å². The smallest absolute Gasteiger partial charge is 0.472 e. The van der Waals surface area contributed by atoms with E-state index in [0.29, 0.717) is 12.8 Å². The molecule has 0 fully saturated rings. The number of hydrogen-bond donors (Lipinski definition) is 3. The molecular formula is C41H70NO10P. The van der Waals surface area contributed by atoms with Crippen LogP contribution in [0.15, 0.2) is 60.8 Å². The monoisotopic (exact) mass is 767 g/mol. The molecule has 0 saturated carbocycles.